The van der Waals surface area contributed by atoms with Gasteiger partial charge in [-0.05, 0) is 22.4 Å². The van der Waals surface area contributed by atoms with Crippen LogP contribution in [0.25, 0.3) is 0 Å². The van der Waals surface area contributed by atoms with Gasteiger partial charge in [-0.1, -0.05) is 0 Å². The van der Waals surface area contributed by atoms with Gasteiger partial charge in [0.1, 0.15) is 11.5 Å². The number of carbonyl (C=O) groups excluding carboxylic acids is 1. The van der Waals surface area contributed by atoms with Gasteiger partial charge in [0.15, 0.2) is 0 Å². The molecule has 2 rings (SSSR count). The Morgan fingerprint density at radius 3 is 2.90 bits per heavy atom. The van der Waals surface area contributed by atoms with Crippen molar-refractivity contribution in [1.82, 2.24) is 0 Å². The molecule has 1 atom stereocenters. The first-order valence-corrected chi connectivity index (χ1v) is 6.69. The Kier molecular flexibility index (Phi) is 4.22. The van der Waals surface area contributed by atoms with Crippen LogP contribution in [0.5, 0.6) is 0 Å². The highest BCUT2D eigenvalue weighted by Gasteiger charge is 2.32. The quantitative estimate of drug-likeness (QED) is 0.477. The van der Waals surface area contributed by atoms with Crippen molar-refractivity contribution in [2.75, 3.05) is 25.1 Å². The molecule has 0 aromatic heterocycles. The van der Waals surface area contributed by atoms with Crippen molar-refractivity contribution in [3.63, 3.8) is 0 Å². The van der Waals surface area contributed by atoms with Gasteiger partial charge in [-0.3, -0.25) is 14.9 Å². The Hall–Kier alpha value is -1.70. The monoisotopic (exact) mass is 346 g/mol. The predicted octanol–water partition coefficient (Wildman–Crippen LogP) is 2.50. The third kappa shape index (κ3) is 2.74. The molecule has 1 saturated heterocycles. The Balaban J connectivity index is 2.32. The third-order valence-electron chi connectivity index (χ3n) is 3.28. The Morgan fingerprint density at radius 2 is 2.30 bits per heavy atom. The van der Waals surface area contributed by atoms with Crippen LogP contribution in [-0.2, 0) is 9.53 Å². The lowest BCUT2D eigenvalue weighted by molar-refractivity contribution is -0.384. The van der Waals surface area contributed by atoms with Gasteiger partial charge in [-0.25, -0.2) is 4.39 Å². The van der Waals surface area contributed by atoms with E-state index < -0.39 is 10.7 Å². The number of nitro benzene ring substituents is 1. The van der Waals surface area contributed by atoms with Gasteiger partial charge in [0.05, 0.1) is 22.4 Å². The van der Waals surface area contributed by atoms with Crippen LogP contribution in [0, 0.1) is 21.8 Å². The lowest BCUT2D eigenvalue weighted by Crippen LogP contribution is -2.24. The normalized spacial score (nSPS) is 18.1. The molecule has 1 fully saturated rings. The maximum atomic E-state index is 13.6. The van der Waals surface area contributed by atoms with E-state index in [4.69, 9.17) is 0 Å². The van der Waals surface area contributed by atoms with Gasteiger partial charge in [-0.15, -0.1) is 0 Å². The highest BCUT2D eigenvalue weighted by Crippen LogP contribution is 2.36. The standard InChI is InChI=1S/C12H12BrFN2O4/c1-20-12(17)7-2-3-15(6-7)10-5-9(14)8(13)4-11(10)16(18)19/h4-5,7H,2-3,6H2,1H3. The minimum absolute atomic E-state index is 0.0386. The van der Waals surface area contributed by atoms with E-state index in [1.54, 1.807) is 4.90 Å². The molecule has 8 heteroatoms. The summed E-state index contributed by atoms with van der Waals surface area (Å²) in [4.78, 5) is 23.6. The summed E-state index contributed by atoms with van der Waals surface area (Å²) in [6.45, 7) is 0.732. The second kappa shape index (κ2) is 5.74. The summed E-state index contributed by atoms with van der Waals surface area (Å²) >= 11 is 2.93. The number of nitro groups is 1. The number of halogens is 2. The number of esters is 1. The second-order valence-electron chi connectivity index (χ2n) is 4.47. The number of hydrogen-bond acceptors (Lipinski definition) is 5. The van der Waals surface area contributed by atoms with Crippen molar-refractivity contribution in [2.24, 2.45) is 5.92 Å². The van der Waals surface area contributed by atoms with Crippen LogP contribution >= 0.6 is 15.9 Å². The fourth-order valence-electron chi connectivity index (χ4n) is 2.26. The van der Waals surface area contributed by atoms with Crippen LogP contribution in [0.2, 0.25) is 0 Å². The van der Waals surface area contributed by atoms with Crippen LogP contribution in [0.3, 0.4) is 0 Å². The van der Waals surface area contributed by atoms with Gasteiger partial charge in [0.25, 0.3) is 5.69 Å². The third-order valence-corrected chi connectivity index (χ3v) is 3.89. The number of nitrogens with zero attached hydrogens (tertiary/aromatic N) is 2. The largest absolute Gasteiger partial charge is 0.469 e. The van der Waals surface area contributed by atoms with Crippen LogP contribution < -0.4 is 4.90 Å². The minimum Gasteiger partial charge on any atom is -0.469 e. The van der Waals surface area contributed by atoms with Crippen LogP contribution in [0.1, 0.15) is 6.42 Å². The molecule has 0 bridgehead atoms. The van der Waals surface area contributed by atoms with Crippen molar-refractivity contribution in [2.45, 2.75) is 6.42 Å². The summed E-state index contributed by atoms with van der Waals surface area (Å²) in [5.41, 5.74) is -0.00843. The van der Waals surface area contributed by atoms with E-state index >= 15 is 0 Å². The molecule has 1 aliphatic rings. The Bertz CT molecular complexity index is 567. The zero-order chi connectivity index (χ0) is 14.9. The maximum absolute atomic E-state index is 13.6. The molecule has 0 radical (unpaired) electrons. The second-order valence-corrected chi connectivity index (χ2v) is 5.32. The molecule has 0 N–H and O–H groups in total. The van der Waals surface area contributed by atoms with E-state index in [0.717, 1.165) is 12.1 Å². The number of methoxy groups -OCH3 is 1. The summed E-state index contributed by atoms with van der Waals surface area (Å²) in [6.07, 6.45) is 0.529. The molecular formula is C12H12BrFN2O4. The molecular weight excluding hydrogens is 335 g/mol. The van der Waals surface area contributed by atoms with Gasteiger partial charge in [0, 0.05) is 25.2 Å². The molecule has 108 valence electrons. The average molecular weight is 347 g/mol. The van der Waals surface area contributed by atoms with E-state index in [9.17, 15) is 19.3 Å². The summed E-state index contributed by atoms with van der Waals surface area (Å²) in [5, 5.41) is 11.1. The number of anilines is 1. The molecule has 1 heterocycles. The number of rotatable bonds is 3. The van der Waals surface area contributed by atoms with Crippen molar-refractivity contribution in [3.05, 3.63) is 32.5 Å². The van der Waals surface area contributed by atoms with Gasteiger partial charge < -0.3 is 9.64 Å². The topological polar surface area (TPSA) is 72.7 Å². The Morgan fingerprint density at radius 1 is 1.60 bits per heavy atom. The van der Waals surface area contributed by atoms with Crippen molar-refractivity contribution < 1.29 is 18.8 Å². The predicted molar refractivity (Wildman–Crippen MR) is 73.1 cm³/mol. The van der Waals surface area contributed by atoms with Crippen LogP contribution in [0.4, 0.5) is 15.8 Å². The molecule has 0 saturated carbocycles. The lowest BCUT2D eigenvalue weighted by Gasteiger charge is -2.18. The zero-order valence-electron chi connectivity index (χ0n) is 10.6. The van der Waals surface area contributed by atoms with Gasteiger partial charge in [0.2, 0.25) is 0 Å². The summed E-state index contributed by atoms with van der Waals surface area (Å²) in [5.74, 6) is -1.27. The SMILES string of the molecule is COC(=O)C1CCN(c2cc(F)c(Br)cc2[N+](=O)[O-])C1. The molecule has 20 heavy (non-hydrogen) atoms. The number of carbonyl (C=O) groups is 1. The Labute approximate surface area is 122 Å². The summed E-state index contributed by atoms with van der Waals surface area (Å²) < 4.78 is 18.3. The van der Waals surface area contributed by atoms with Crippen molar-refractivity contribution in [1.29, 1.82) is 0 Å². The van der Waals surface area contributed by atoms with E-state index in [1.807, 2.05) is 0 Å². The number of ether oxygens (including phenoxy) is 1. The molecule has 1 aliphatic heterocycles. The van der Waals surface area contributed by atoms with E-state index in [-0.39, 0.29) is 34.3 Å². The molecule has 0 spiro atoms. The maximum Gasteiger partial charge on any atom is 0.310 e. The van der Waals surface area contributed by atoms with Crippen molar-refractivity contribution in [3.8, 4) is 0 Å². The van der Waals surface area contributed by atoms with Crippen LogP contribution in [-0.4, -0.2) is 31.1 Å². The van der Waals surface area contributed by atoms with E-state index in [2.05, 4.69) is 20.7 Å². The lowest BCUT2D eigenvalue weighted by atomic mass is 10.1. The number of hydrogen-bond donors (Lipinski definition) is 0. The summed E-state index contributed by atoms with van der Waals surface area (Å²) in [7, 11) is 1.30. The number of benzene rings is 1. The van der Waals surface area contributed by atoms with Crippen molar-refractivity contribution >= 4 is 33.3 Å². The zero-order valence-corrected chi connectivity index (χ0v) is 12.2. The highest BCUT2D eigenvalue weighted by atomic mass is 79.9. The van der Waals surface area contributed by atoms with Crippen LogP contribution in [0.15, 0.2) is 16.6 Å². The molecule has 6 nitrogen and oxygen atoms in total. The smallest absolute Gasteiger partial charge is 0.310 e. The van der Waals surface area contributed by atoms with Gasteiger partial charge in [-0.2, -0.15) is 0 Å². The average Bonchev–Trinajstić information content (AvgIpc) is 2.89. The molecule has 0 amide bonds. The fraction of sp³-hybridized carbons (Fsp3) is 0.417. The molecule has 1 aromatic carbocycles. The van der Waals surface area contributed by atoms with E-state index in [1.165, 1.54) is 7.11 Å². The molecule has 1 aromatic rings. The first-order chi connectivity index (χ1) is 9.43. The molecule has 0 aliphatic carbocycles. The van der Waals surface area contributed by atoms with Gasteiger partial charge >= 0.3 is 5.97 Å². The minimum atomic E-state index is -0.577. The summed E-state index contributed by atoms with van der Waals surface area (Å²) in [6, 6.07) is 2.25. The molecule has 1 unspecified atom stereocenters. The van der Waals surface area contributed by atoms with E-state index in [0.29, 0.717) is 13.0 Å². The highest BCUT2D eigenvalue weighted by molar-refractivity contribution is 9.10. The first kappa shape index (κ1) is 14.7. The first-order valence-electron chi connectivity index (χ1n) is 5.90. The fourth-order valence-corrected chi connectivity index (χ4v) is 2.59.